The summed E-state index contributed by atoms with van der Waals surface area (Å²) in [5.41, 5.74) is 8.95. The minimum absolute atomic E-state index is 0.154. The summed E-state index contributed by atoms with van der Waals surface area (Å²) >= 11 is 0. The Morgan fingerprint density at radius 1 is 1.15 bits per heavy atom. The molecule has 0 saturated heterocycles. The summed E-state index contributed by atoms with van der Waals surface area (Å²) in [6.45, 7) is 0.481. The quantitative estimate of drug-likeness (QED) is 0.837. The van der Waals surface area contributed by atoms with Crippen LogP contribution in [0.3, 0.4) is 0 Å². The van der Waals surface area contributed by atoms with Crippen molar-refractivity contribution in [3.8, 4) is 0 Å². The zero-order valence-electron chi connectivity index (χ0n) is 11.8. The molecule has 4 heteroatoms. The van der Waals surface area contributed by atoms with E-state index >= 15 is 0 Å². The summed E-state index contributed by atoms with van der Waals surface area (Å²) in [4.78, 5) is 14.1. The standard InChI is InChI=1S/C16H19N3O/c1-19(2)13-7-5-6-12(10-13)11-18-16(20)14-8-3-4-9-15(14)17/h3-10H,11,17H2,1-2H3,(H,18,20). The van der Waals surface area contributed by atoms with Crippen molar-refractivity contribution in [3.63, 3.8) is 0 Å². The van der Waals surface area contributed by atoms with Crippen LogP contribution in [0, 0.1) is 0 Å². The second-order valence-corrected chi connectivity index (χ2v) is 4.83. The van der Waals surface area contributed by atoms with Gasteiger partial charge in [-0.2, -0.15) is 0 Å². The highest BCUT2D eigenvalue weighted by Gasteiger charge is 2.08. The van der Waals surface area contributed by atoms with Crippen molar-refractivity contribution in [2.45, 2.75) is 6.54 Å². The van der Waals surface area contributed by atoms with Crippen molar-refractivity contribution in [2.24, 2.45) is 0 Å². The maximum atomic E-state index is 12.1. The van der Waals surface area contributed by atoms with Gasteiger partial charge in [-0.25, -0.2) is 0 Å². The zero-order chi connectivity index (χ0) is 14.5. The molecule has 0 aliphatic heterocycles. The normalized spacial score (nSPS) is 10.1. The summed E-state index contributed by atoms with van der Waals surface area (Å²) in [5.74, 6) is -0.154. The molecule has 0 aliphatic rings. The van der Waals surface area contributed by atoms with E-state index in [1.54, 1.807) is 18.2 Å². The number of carbonyl (C=O) groups is 1. The Balaban J connectivity index is 2.04. The molecular formula is C16H19N3O. The summed E-state index contributed by atoms with van der Waals surface area (Å²) in [5, 5.41) is 2.88. The Labute approximate surface area is 119 Å². The molecule has 4 nitrogen and oxygen atoms in total. The molecule has 0 spiro atoms. The van der Waals surface area contributed by atoms with Gasteiger partial charge in [0, 0.05) is 32.0 Å². The van der Waals surface area contributed by atoms with Crippen LogP contribution in [0.4, 0.5) is 11.4 Å². The maximum Gasteiger partial charge on any atom is 0.253 e. The largest absolute Gasteiger partial charge is 0.398 e. The Bertz CT molecular complexity index is 608. The van der Waals surface area contributed by atoms with Crippen molar-refractivity contribution in [1.29, 1.82) is 0 Å². The molecule has 104 valence electrons. The number of amides is 1. The summed E-state index contributed by atoms with van der Waals surface area (Å²) in [6.07, 6.45) is 0. The Morgan fingerprint density at radius 2 is 1.90 bits per heavy atom. The number of para-hydroxylation sites is 1. The highest BCUT2D eigenvalue weighted by molar-refractivity contribution is 5.99. The van der Waals surface area contributed by atoms with Gasteiger partial charge in [-0.1, -0.05) is 24.3 Å². The number of nitrogens with zero attached hydrogens (tertiary/aromatic N) is 1. The van der Waals surface area contributed by atoms with Gasteiger partial charge in [0.15, 0.2) is 0 Å². The van der Waals surface area contributed by atoms with Crippen LogP contribution in [0.1, 0.15) is 15.9 Å². The molecule has 0 atom stereocenters. The molecule has 3 N–H and O–H groups in total. The third-order valence-electron chi connectivity index (χ3n) is 3.09. The van der Waals surface area contributed by atoms with Gasteiger partial charge >= 0.3 is 0 Å². The summed E-state index contributed by atoms with van der Waals surface area (Å²) < 4.78 is 0. The smallest absolute Gasteiger partial charge is 0.253 e. The van der Waals surface area contributed by atoms with Gasteiger partial charge in [-0.05, 0) is 29.8 Å². The number of benzene rings is 2. The Hall–Kier alpha value is -2.49. The van der Waals surface area contributed by atoms with Crippen LogP contribution in [-0.2, 0) is 6.54 Å². The summed E-state index contributed by atoms with van der Waals surface area (Å²) in [7, 11) is 3.98. The highest BCUT2D eigenvalue weighted by atomic mass is 16.1. The van der Waals surface area contributed by atoms with E-state index in [9.17, 15) is 4.79 Å². The lowest BCUT2D eigenvalue weighted by Crippen LogP contribution is -2.23. The molecule has 0 heterocycles. The van der Waals surface area contributed by atoms with Crippen molar-refractivity contribution < 1.29 is 4.79 Å². The van der Waals surface area contributed by atoms with Gasteiger partial charge < -0.3 is 16.0 Å². The molecule has 0 radical (unpaired) electrons. The number of hydrogen-bond donors (Lipinski definition) is 2. The third kappa shape index (κ3) is 3.29. The number of rotatable bonds is 4. The Kier molecular flexibility index (Phi) is 4.25. The van der Waals surface area contributed by atoms with Gasteiger partial charge in [-0.15, -0.1) is 0 Å². The van der Waals surface area contributed by atoms with E-state index in [2.05, 4.69) is 11.4 Å². The van der Waals surface area contributed by atoms with Gasteiger partial charge in [0.2, 0.25) is 0 Å². The van der Waals surface area contributed by atoms with Crippen LogP contribution in [0.2, 0.25) is 0 Å². The molecule has 2 aromatic rings. The van der Waals surface area contributed by atoms with E-state index in [1.165, 1.54) is 0 Å². The molecule has 0 unspecified atom stereocenters. The molecule has 0 aromatic heterocycles. The van der Waals surface area contributed by atoms with Crippen molar-refractivity contribution in [1.82, 2.24) is 5.32 Å². The molecule has 0 saturated carbocycles. The first-order chi connectivity index (χ1) is 9.58. The van der Waals surface area contributed by atoms with Crippen LogP contribution >= 0.6 is 0 Å². The number of anilines is 2. The topological polar surface area (TPSA) is 58.4 Å². The van der Waals surface area contributed by atoms with E-state index < -0.39 is 0 Å². The van der Waals surface area contributed by atoms with E-state index in [-0.39, 0.29) is 5.91 Å². The SMILES string of the molecule is CN(C)c1cccc(CNC(=O)c2ccccc2N)c1. The molecule has 1 amide bonds. The minimum atomic E-state index is -0.154. The van der Waals surface area contributed by atoms with Crippen LogP contribution in [0.15, 0.2) is 48.5 Å². The second kappa shape index (κ2) is 6.10. The second-order valence-electron chi connectivity index (χ2n) is 4.83. The predicted molar refractivity (Wildman–Crippen MR) is 82.8 cm³/mol. The fourth-order valence-electron chi connectivity index (χ4n) is 1.93. The fraction of sp³-hybridized carbons (Fsp3) is 0.188. The van der Waals surface area contributed by atoms with Crippen LogP contribution in [0.5, 0.6) is 0 Å². The Morgan fingerprint density at radius 3 is 2.60 bits per heavy atom. The molecule has 2 rings (SSSR count). The first-order valence-electron chi connectivity index (χ1n) is 6.47. The maximum absolute atomic E-state index is 12.1. The van der Waals surface area contributed by atoms with E-state index in [4.69, 9.17) is 5.73 Å². The van der Waals surface area contributed by atoms with E-state index in [0.29, 0.717) is 17.8 Å². The van der Waals surface area contributed by atoms with E-state index in [0.717, 1.165) is 11.3 Å². The molecular weight excluding hydrogens is 250 g/mol. The zero-order valence-corrected chi connectivity index (χ0v) is 11.8. The van der Waals surface area contributed by atoms with Crippen molar-refractivity contribution in [3.05, 3.63) is 59.7 Å². The predicted octanol–water partition coefficient (Wildman–Crippen LogP) is 2.26. The lowest BCUT2D eigenvalue weighted by Gasteiger charge is -2.14. The van der Waals surface area contributed by atoms with Crippen LogP contribution in [-0.4, -0.2) is 20.0 Å². The van der Waals surface area contributed by atoms with Gasteiger partial charge in [0.05, 0.1) is 5.56 Å². The lowest BCUT2D eigenvalue weighted by molar-refractivity contribution is 0.0952. The average Bonchev–Trinajstić information content (AvgIpc) is 2.45. The third-order valence-corrected chi connectivity index (χ3v) is 3.09. The number of nitrogens with one attached hydrogen (secondary N) is 1. The van der Waals surface area contributed by atoms with Crippen molar-refractivity contribution in [2.75, 3.05) is 24.7 Å². The molecule has 20 heavy (non-hydrogen) atoms. The van der Waals surface area contributed by atoms with Crippen molar-refractivity contribution >= 4 is 17.3 Å². The first-order valence-corrected chi connectivity index (χ1v) is 6.47. The number of carbonyl (C=O) groups excluding carboxylic acids is 1. The molecule has 0 fully saturated rings. The van der Waals surface area contributed by atoms with E-state index in [1.807, 2.05) is 43.3 Å². The van der Waals surface area contributed by atoms with Gasteiger partial charge in [0.1, 0.15) is 0 Å². The highest BCUT2D eigenvalue weighted by Crippen LogP contribution is 2.14. The number of nitrogens with two attached hydrogens (primary N) is 1. The minimum Gasteiger partial charge on any atom is -0.398 e. The molecule has 2 aromatic carbocycles. The fourth-order valence-corrected chi connectivity index (χ4v) is 1.93. The number of nitrogen functional groups attached to an aromatic ring is 1. The van der Waals surface area contributed by atoms with Crippen LogP contribution < -0.4 is 16.0 Å². The molecule has 0 bridgehead atoms. The number of hydrogen-bond acceptors (Lipinski definition) is 3. The monoisotopic (exact) mass is 269 g/mol. The molecule has 0 aliphatic carbocycles. The van der Waals surface area contributed by atoms with Gasteiger partial charge in [0.25, 0.3) is 5.91 Å². The van der Waals surface area contributed by atoms with Crippen LogP contribution in [0.25, 0.3) is 0 Å². The first kappa shape index (κ1) is 13.9. The summed E-state index contributed by atoms with van der Waals surface area (Å²) in [6, 6.07) is 15.1. The van der Waals surface area contributed by atoms with Gasteiger partial charge in [-0.3, -0.25) is 4.79 Å². The average molecular weight is 269 g/mol. The lowest BCUT2D eigenvalue weighted by atomic mass is 10.1.